The largest absolute Gasteiger partial charge is 0.465 e. The van der Waals surface area contributed by atoms with Gasteiger partial charge in [0.1, 0.15) is 29.5 Å². The van der Waals surface area contributed by atoms with Crippen LogP contribution in [0.15, 0.2) is 73.2 Å². The predicted octanol–water partition coefficient (Wildman–Crippen LogP) is 5.73. The van der Waals surface area contributed by atoms with Crippen LogP contribution in [0.5, 0.6) is 0 Å². The van der Waals surface area contributed by atoms with Gasteiger partial charge in [-0.05, 0) is 95.0 Å². The molecule has 3 aliphatic rings. The Hall–Kier alpha value is -7.21. The van der Waals surface area contributed by atoms with E-state index in [0.29, 0.717) is 67.5 Å². The summed E-state index contributed by atoms with van der Waals surface area (Å²) in [6.45, 7) is 3.28. The highest BCUT2D eigenvalue weighted by Crippen LogP contribution is 2.42. The van der Waals surface area contributed by atoms with Crippen LogP contribution in [0.3, 0.4) is 0 Å². The number of carboxylic acid groups (broad SMARTS) is 1. The fraction of sp³-hybridized carbons (Fsp3) is 0.481. The second-order valence-corrected chi connectivity index (χ2v) is 20.4. The highest BCUT2D eigenvalue weighted by molar-refractivity contribution is 5.87. The predicted molar refractivity (Wildman–Crippen MR) is 264 cm³/mol. The summed E-state index contributed by atoms with van der Waals surface area (Å²) in [6.07, 6.45) is -9.99. The number of ether oxygens (including phenoxy) is 2. The summed E-state index contributed by atoms with van der Waals surface area (Å²) in [5.74, 6) is 0.947. The van der Waals surface area contributed by atoms with Crippen LogP contribution in [0.1, 0.15) is 62.8 Å². The zero-order valence-corrected chi connectivity index (χ0v) is 42.9. The average Bonchev–Trinajstić information content (AvgIpc) is 3.64. The zero-order chi connectivity index (χ0) is 56.9. The number of alkyl halides is 6. The van der Waals surface area contributed by atoms with Crippen molar-refractivity contribution in [3.05, 3.63) is 107 Å². The van der Waals surface area contributed by atoms with Crippen molar-refractivity contribution in [3.63, 3.8) is 0 Å². The number of alkyl carbamates (subject to hydrolysis) is 1. The molecule has 2 unspecified atom stereocenters. The summed E-state index contributed by atoms with van der Waals surface area (Å²) in [5.41, 5.74) is -3.78. The fourth-order valence-corrected chi connectivity index (χ4v) is 9.45. The number of nitrogens with one attached hydrogen (secondary N) is 4. The van der Waals surface area contributed by atoms with E-state index in [1.807, 2.05) is 22.9 Å². The van der Waals surface area contributed by atoms with E-state index >= 15 is 8.78 Å². The van der Waals surface area contributed by atoms with Gasteiger partial charge in [0.25, 0.3) is 5.91 Å². The van der Waals surface area contributed by atoms with E-state index in [0.717, 1.165) is 64.2 Å². The Morgan fingerprint density at radius 3 is 1.87 bits per heavy atom. The Labute approximate surface area is 443 Å². The topological polar surface area (TPSA) is 224 Å². The van der Waals surface area contributed by atoms with Gasteiger partial charge in [0.05, 0.1) is 49.3 Å². The quantitative estimate of drug-likeness (QED) is 0.0398. The smallest absolute Gasteiger partial charge is 0.407 e. The molecule has 6 atom stereocenters. The van der Waals surface area contributed by atoms with Crippen LogP contribution in [-0.4, -0.2) is 154 Å². The van der Waals surface area contributed by atoms with Crippen molar-refractivity contribution < 1.29 is 74.0 Å². The lowest BCUT2D eigenvalue weighted by molar-refractivity contribution is -0.221. The highest BCUT2D eigenvalue weighted by Gasteiger charge is 2.57. The number of methoxy groups -OCH3 is 1. The first kappa shape index (κ1) is 58.5. The molecule has 0 radical (unpaired) electrons. The van der Waals surface area contributed by atoms with Gasteiger partial charge in [-0.25, -0.2) is 38.3 Å². The first-order valence-corrected chi connectivity index (χ1v) is 24.6. The average molecular weight is 1100 g/mol. The number of rotatable bonds is 18. The third-order valence-electron chi connectivity index (χ3n) is 14.3. The number of hydrogen-bond donors (Lipinski definition) is 6. The molecule has 4 amide bonds. The summed E-state index contributed by atoms with van der Waals surface area (Å²) in [7, 11) is 0.834. The minimum atomic E-state index is -5.24. The van der Waals surface area contributed by atoms with Crippen LogP contribution in [0.2, 0.25) is 0 Å². The van der Waals surface area contributed by atoms with Crippen LogP contribution in [0.4, 0.5) is 50.5 Å². The van der Waals surface area contributed by atoms with Crippen molar-refractivity contribution in [2.45, 2.75) is 108 Å². The highest BCUT2D eigenvalue weighted by atomic mass is 19.4. The Morgan fingerprint density at radius 1 is 0.795 bits per heavy atom. The molecule has 0 spiro atoms. The summed E-state index contributed by atoms with van der Waals surface area (Å²) in [4.78, 5) is 69.5. The van der Waals surface area contributed by atoms with E-state index in [1.165, 1.54) is 35.9 Å². The molecule has 2 bridgehead atoms. The maximum absolute atomic E-state index is 15.9. The number of aliphatic hydroxyl groups excluding tert-OH is 1. The number of carbonyl (C=O) groups is 4. The first-order valence-electron chi connectivity index (χ1n) is 24.6. The van der Waals surface area contributed by atoms with Crippen molar-refractivity contribution in [2.75, 3.05) is 44.9 Å². The van der Waals surface area contributed by atoms with Crippen LogP contribution >= 0.6 is 0 Å². The third-order valence-corrected chi connectivity index (χ3v) is 14.3. The second kappa shape index (κ2) is 23.8. The van der Waals surface area contributed by atoms with Crippen molar-refractivity contribution in [1.29, 1.82) is 0 Å². The van der Waals surface area contributed by atoms with Gasteiger partial charge in [-0.1, -0.05) is 24.0 Å². The molecule has 18 nitrogen and oxygen atoms in total. The molecular formula is C52H58F8N10O8. The van der Waals surface area contributed by atoms with E-state index in [2.05, 4.69) is 46.6 Å². The molecule has 3 saturated heterocycles. The number of benzene rings is 2. The number of hydrogen-bond acceptors (Lipinski definition) is 13. The van der Waals surface area contributed by atoms with Gasteiger partial charge >= 0.3 is 24.5 Å². The number of anilines is 1. The summed E-state index contributed by atoms with van der Waals surface area (Å²) in [5, 5.41) is 27.7. The number of halogens is 8. The van der Waals surface area contributed by atoms with Crippen molar-refractivity contribution in [3.8, 4) is 23.2 Å². The Bertz CT molecular complexity index is 2810. The molecule has 5 heterocycles. The van der Waals surface area contributed by atoms with Crippen LogP contribution < -0.4 is 26.3 Å². The molecule has 420 valence electrons. The Kier molecular flexibility index (Phi) is 17.8. The number of hydrazine groups is 1. The molecule has 2 aromatic carbocycles. The molecule has 4 aromatic rings. The maximum atomic E-state index is 15.9. The molecule has 0 saturated carbocycles. The number of carbonyl (C=O) groups excluding carboxylic acids is 3. The summed E-state index contributed by atoms with van der Waals surface area (Å²) < 4.78 is 129. The molecule has 6 N–H and O–H groups in total. The van der Waals surface area contributed by atoms with Crippen LogP contribution in [-0.2, 0) is 32.0 Å². The first-order chi connectivity index (χ1) is 36.7. The van der Waals surface area contributed by atoms with Gasteiger partial charge in [-0.3, -0.25) is 19.9 Å². The number of fused-ring (bicyclic) bond motifs is 2. The fourth-order valence-electron chi connectivity index (χ4n) is 9.45. The second-order valence-electron chi connectivity index (χ2n) is 20.4. The van der Waals surface area contributed by atoms with Crippen molar-refractivity contribution in [2.24, 2.45) is 10.8 Å². The maximum Gasteiger partial charge on any atom is 0.407 e. The van der Waals surface area contributed by atoms with Gasteiger partial charge in [-0.15, -0.1) is 0 Å². The molecule has 3 aliphatic heterocycles. The monoisotopic (exact) mass is 1100 g/mol. The number of aliphatic hydroxyl groups is 1. The van der Waals surface area contributed by atoms with Gasteiger partial charge in [0, 0.05) is 79.1 Å². The van der Waals surface area contributed by atoms with Gasteiger partial charge < -0.3 is 40.5 Å². The summed E-state index contributed by atoms with van der Waals surface area (Å²) >= 11 is 0. The Balaban J connectivity index is 1.17. The van der Waals surface area contributed by atoms with Gasteiger partial charge in [-0.2, -0.15) is 26.3 Å². The third kappa shape index (κ3) is 13.5. The lowest BCUT2D eigenvalue weighted by Gasteiger charge is -2.47. The number of piperazine rings is 1. The van der Waals surface area contributed by atoms with E-state index in [-0.39, 0.29) is 11.4 Å². The van der Waals surface area contributed by atoms with E-state index in [9.17, 15) is 55.7 Å². The molecule has 78 heavy (non-hydrogen) atoms. The van der Waals surface area contributed by atoms with Crippen LogP contribution in [0, 0.1) is 34.3 Å². The molecular weight excluding hydrogens is 1040 g/mol. The SMILES string of the molecule is COC(=O)N[C@H](C(=O)N[C@@H](Cc1ccc(C#Cc2ccc(N3CC4CCC(C3)N4C3COC3)nc2)cc1)[C@@H](O)CN(Cc1c(F)cc(-c2ncccn2)cc1F)NC(=O)[C@@H](NC(=O)O)C(C)(C)C(F)(F)F)C(C)(C)C(F)(F)F. The van der Waals surface area contributed by atoms with E-state index in [4.69, 9.17) is 4.74 Å². The normalized spacial score (nSPS) is 18.6. The van der Waals surface area contributed by atoms with Crippen molar-refractivity contribution >= 4 is 29.8 Å². The van der Waals surface area contributed by atoms with E-state index in [1.54, 1.807) is 18.3 Å². The van der Waals surface area contributed by atoms with Gasteiger partial charge in [0.15, 0.2) is 5.82 Å². The summed E-state index contributed by atoms with van der Waals surface area (Å²) in [6, 6.07) is 7.44. The number of nitrogens with zero attached hydrogens (tertiary/aromatic N) is 6. The van der Waals surface area contributed by atoms with Gasteiger partial charge in [0.2, 0.25) is 5.91 Å². The number of pyridine rings is 1. The number of amides is 4. The molecule has 26 heteroatoms. The minimum absolute atomic E-state index is 0.110. The molecule has 0 aliphatic carbocycles. The number of aromatic nitrogens is 3. The lowest BCUT2D eigenvalue weighted by atomic mass is 9.82. The zero-order valence-electron chi connectivity index (χ0n) is 42.9. The minimum Gasteiger partial charge on any atom is -0.465 e. The van der Waals surface area contributed by atoms with Crippen molar-refractivity contribution in [1.82, 2.24) is 46.2 Å². The molecule has 2 aromatic heterocycles. The molecule has 3 fully saturated rings. The van der Waals surface area contributed by atoms with Crippen LogP contribution in [0.25, 0.3) is 11.4 Å². The molecule has 7 rings (SSSR count). The lowest BCUT2D eigenvalue weighted by Crippen LogP contribution is -2.63. The van der Waals surface area contributed by atoms with E-state index < -0.39 is 108 Å². The Morgan fingerprint density at radius 2 is 1.36 bits per heavy atom. The standard InChI is InChI=1S/C52H58F8N10O8/c1-49(2,51(55,56)57)42(66-48(76)77-5)45(72)64-39(19-30-10-7-29(8-11-30)9-12-31-13-16-41(63-22-31)68-23-33-14-15-34(24-68)70(33)35-27-78-28-35)40(71)26-69(67-46(73)43(65-47(74)75)50(3,4)52(58,59)60)25-36-37(53)20-32(21-38(36)54)44-61-17-6-18-62-44/h6-8,10-11,13,16-18,20-22,33-35,39-40,42-43,65,71H,14-15,19,23-28H2,1-5H3,(H,64,72)(H,66,76)(H,67,73)(H,74,75)/t33?,34?,39-,40-,42+,43+/m0/s1.